The highest BCUT2D eigenvalue weighted by atomic mass is 19.1. The van der Waals surface area contributed by atoms with Crippen molar-refractivity contribution in [3.63, 3.8) is 0 Å². The van der Waals surface area contributed by atoms with E-state index in [-0.39, 0.29) is 11.8 Å². The third-order valence-corrected chi connectivity index (χ3v) is 5.14. The van der Waals surface area contributed by atoms with Crippen molar-refractivity contribution in [2.45, 2.75) is 13.3 Å². The average Bonchev–Trinajstić information content (AvgIpc) is 3.17. The van der Waals surface area contributed by atoms with Crippen LogP contribution in [0.3, 0.4) is 0 Å². The minimum absolute atomic E-state index is 0.221. The van der Waals surface area contributed by atoms with Crippen LogP contribution < -0.4 is 15.0 Å². The third kappa shape index (κ3) is 4.34. The smallest absolute Gasteiger partial charge is 0.324 e. The van der Waals surface area contributed by atoms with Crippen molar-refractivity contribution in [1.29, 1.82) is 0 Å². The number of hydrogen-bond donors (Lipinski definition) is 1. The summed E-state index contributed by atoms with van der Waals surface area (Å²) in [5, 5.41) is 3.39. The molecule has 0 saturated carbocycles. The molecular formula is C23H22FN5O2. The number of nitrogens with zero attached hydrogens (tertiary/aromatic N) is 4. The number of anilines is 2. The Morgan fingerprint density at radius 1 is 1.06 bits per heavy atom. The van der Waals surface area contributed by atoms with Gasteiger partial charge in [0, 0.05) is 18.8 Å². The Labute approximate surface area is 179 Å². The first-order chi connectivity index (χ1) is 15.1. The molecule has 2 aliphatic heterocycles. The zero-order chi connectivity index (χ0) is 21.2. The van der Waals surface area contributed by atoms with Crippen LogP contribution in [0.15, 0.2) is 53.5 Å². The lowest BCUT2D eigenvalue weighted by Gasteiger charge is -2.28. The van der Waals surface area contributed by atoms with Gasteiger partial charge >= 0.3 is 6.01 Å². The molecule has 8 heteroatoms. The summed E-state index contributed by atoms with van der Waals surface area (Å²) in [7, 11) is 0. The highest BCUT2D eigenvalue weighted by molar-refractivity contribution is 6.03. The van der Waals surface area contributed by atoms with E-state index in [0.29, 0.717) is 25.4 Å². The number of morpholine rings is 1. The Balaban J connectivity index is 1.46. The highest BCUT2D eigenvalue weighted by Crippen LogP contribution is 2.37. The Hall–Kier alpha value is -3.52. The monoisotopic (exact) mass is 419 g/mol. The molecule has 7 nitrogen and oxygen atoms in total. The molecule has 1 N–H and O–H groups in total. The predicted molar refractivity (Wildman–Crippen MR) is 117 cm³/mol. The summed E-state index contributed by atoms with van der Waals surface area (Å²) >= 11 is 0. The molecule has 0 amide bonds. The summed E-state index contributed by atoms with van der Waals surface area (Å²) < 4.78 is 24.6. The molecule has 31 heavy (non-hydrogen) atoms. The number of rotatable bonds is 4. The fourth-order valence-corrected chi connectivity index (χ4v) is 3.65. The molecule has 1 saturated heterocycles. The van der Waals surface area contributed by atoms with Gasteiger partial charge in [-0.15, -0.1) is 0 Å². The van der Waals surface area contributed by atoms with E-state index in [9.17, 15) is 4.39 Å². The van der Waals surface area contributed by atoms with Crippen molar-refractivity contribution in [1.82, 2.24) is 9.97 Å². The number of ether oxygens (including phenoxy) is 2. The van der Waals surface area contributed by atoms with Crippen molar-refractivity contribution in [3.05, 3.63) is 65.6 Å². The molecule has 1 fully saturated rings. The van der Waals surface area contributed by atoms with E-state index < -0.39 is 0 Å². The highest BCUT2D eigenvalue weighted by Gasteiger charge is 2.27. The predicted octanol–water partition coefficient (Wildman–Crippen LogP) is 4.25. The van der Waals surface area contributed by atoms with Crippen molar-refractivity contribution >= 4 is 23.0 Å². The molecule has 5 rings (SSSR count). The number of fused-ring (bicyclic) bond motifs is 1. The number of halogens is 1. The molecule has 0 bridgehead atoms. The first-order valence-electron chi connectivity index (χ1n) is 10.2. The van der Waals surface area contributed by atoms with Gasteiger partial charge in [0.1, 0.15) is 23.1 Å². The maximum atomic E-state index is 13.2. The Morgan fingerprint density at radius 3 is 2.65 bits per heavy atom. The number of aliphatic imine (C=N–C) groups is 1. The molecule has 2 aliphatic rings. The van der Waals surface area contributed by atoms with Gasteiger partial charge in [0.25, 0.3) is 0 Å². The van der Waals surface area contributed by atoms with Crippen LogP contribution >= 0.6 is 0 Å². The summed E-state index contributed by atoms with van der Waals surface area (Å²) in [6, 6.07) is 14.2. The van der Waals surface area contributed by atoms with Crippen molar-refractivity contribution in [2.24, 2.45) is 4.99 Å². The van der Waals surface area contributed by atoms with Crippen LogP contribution in [-0.2, 0) is 11.2 Å². The minimum atomic E-state index is -0.323. The van der Waals surface area contributed by atoms with E-state index in [1.807, 2.05) is 12.1 Å². The second-order valence-corrected chi connectivity index (χ2v) is 7.51. The van der Waals surface area contributed by atoms with Crippen LogP contribution in [-0.4, -0.2) is 42.1 Å². The third-order valence-electron chi connectivity index (χ3n) is 5.14. The zero-order valence-corrected chi connectivity index (χ0v) is 17.1. The van der Waals surface area contributed by atoms with E-state index >= 15 is 0 Å². The van der Waals surface area contributed by atoms with E-state index in [1.54, 1.807) is 12.1 Å². The van der Waals surface area contributed by atoms with E-state index in [0.717, 1.165) is 41.8 Å². The first kappa shape index (κ1) is 19.4. The normalized spacial score (nSPS) is 15.4. The number of aromatic nitrogens is 2. The van der Waals surface area contributed by atoms with Crippen molar-refractivity contribution in [2.75, 3.05) is 36.5 Å². The summed E-state index contributed by atoms with van der Waals surface area (Å²) in [6.07, 6.45) is 0.545. The summed E-state index contributed by atoms with van der Waals surface area (Å²) in [6.45, 7) is 4.75. The summed E-state index contributed by atoms with van der Waals surface area (Å²) in [5.74, 6) is 1.69. The summed E-state index contributed by atoms with van der Waals surface area (Å²) in [5.41, 5.74) is 3.70. The van der Waals surface area contributed by atoms with Gasteiger partial charge in [0.05, 0.1) is 25.3 Å². The Morgan fingerprint density at radius 2 is 1.87 bits per heavy atom. The van der Waals surface area contributed by atoms with Gasteiger partial charge in [-0.2, -0.15) is 9.97 Å². The standard InChI is InChI=1S/C23H22FN5O2/c1-15-3-2-4-17(13-15)25-20-14-19-21(27-20)22(29-9-11-30-12-10-29)28-23(26-19)31-18-7-5-16(24)6-8-18/h2-8,13H,9-12,14H2,1H3,(H,25,27). The van der Waals surface area contributed by atoms with Crippen LogP contribution in [0.2, 0.25) is 0 Å². The minimum Gasteiger partial charge on any atom is -0.424 e. The lowest BCUT2D eigenvalue weighted by molar-refractivity contribution is 0.122. The van der Waals surface area contributed by atoms with Gasteiger partial charge in [0.2, 0.25) is 0 Å². The lowest BCUT2D eigenvalue weighted by atomic mass is 10.2. The second kappa shape index (κ2) is 8.31. The fourth-order valence-electron chi connectivity index (χ4n) is 3.65. The molecule has 2 aromatic carbocycles. The van der Waals surface area contributed by atoms with Crippen molar-refractivity contribution in [3.8, 4) is 11.8 Å². The zero-order valence-electron chi connectivity index (χ0n) is 17.1. The molecule has 1 aromatic heterocycles. The number of amidine groups is 1. The maximum absolute atomic E-state index is 13.2. The number of hydrogen-bond acceptors (Lipinski definition) is 7. The number of benzene rings is 2. The fraction of sp³-hybridized carbons (Fsp3) is 0.261. The summed E-state index contributed by atoms with van der Waals surface area (Å²) in [4.78, 5) is 16.2. The molecule has 158 valence electrons. The van der Waals surface area contributed by atoms with Gasteiger partial charge in [-0.25, -0.2) is 9.38 Å². The second-order valence-electron chi connectivity index (χ2n) is 7.51. The van der Waals surface area contributed by atoms with Crippen LogP contribution in [0.1, 0.15) is 11.3 Å². The molecule has 0 aliphatic carbocycles. The Bertz CT molecular complexity index is 1130. The van der Waals surface area contributed by atoms with Gasteiger partial charge in [0.15, 0.2) is 5.82 Å². The molecule has 0 spiro atoms. The van der Waals surface area contributed by atoms with Gasteiger partial charge in [-0.3, -0.25) is 0 Å². The topological polar surface area (TPSA) is 71.9 Å². The SMILES string of the molecule is Cc1cccc(NC2=Nc3c(nc(Oc4ccc(F)cc4)nc3N3CCOCC3)C2)c1. The number of nitrogens with one attached hydrogen (secondary N) is 1. The molecule has 0 radical (unpaired) electrons. The van der Waals surface area contributed by atoms with Gasteiger partial charge in [-0.1, -0.05) is 12.1 Å². The lowest BCUT2D eigenvalue weighted by Crippen LogP contribution is -2.37. The largest absolute Gasteiger partial charge is 0.424 e. The quantitative estimate of drug-likeness (QED) is 0.682. The van der Waals surface area contributed by atoms with Gasteiger partial charge in [-0.05, 0) is 48.9 Å². The van der Waals surface area contributed by atoms with Crippen LogP contribution in [0, 0.1) is 12.7 Å². The number of aryl methyl sites for hydroxylation is 1. The molecule has 3 heterocycles. The van der Waals surface area contributed by atoms with E-state index in [2.05, 4.69) is 39.2 Å². The average molecular weight is 419 g/mol. The van der Waals surface area contributed by atoms with E-state index in [1.165, 1.54) is 17.7 Å². The van der Waals surface area contributed by atoms with Crippen LogP contribution in [0.5, 0.6) is 11.8 Å². The first-order valence-corrected chi connectivity index (χ1v) is 10.2. The maximum Gasteiger partial charge on any atom is 0.324 e. The molecule has 0 unspecified atom stereocenters. The van der Waals surface area contributed by atoms with E-state index in [4.69, 9.17) is 14.5 Å². The Kier molecular flexibility index (Phi) is 5.21. The molecular weight excluding hydrogens is 397 g/mol. The van der Waals surface area contributed by atoms with Gasteiger partial charge < -0.3 is 19.7 Å². The molecule has 0 atom stereocenters. The molecule has 3 aromatic rings. The van der Waals surface area contributed by atoms with Crippen LogP contribution in [0.4, 0.5) is 21.6 Å². The van der Waals surface area contributed by atoms with Crippen molar-refractivity contribution < 1.29 is 13.9 Å². The van der Waals surface area contributed by atoms with Crippen LogP contribution in [0.25, 0.3) is 0 Å².